The second kappa shape index (κ2) is 5.37. The van der Waals surface area contributed by atoms with Gasteiger partial charge in [-0.2, -0.15) is 0 Å². The lowest BCUT2D eigenvalue weighted by Gasteiger charge is -2.10. The average Bonchev–Trinajstić information content (AvgIpc) is 2.48. The molecular formula is C10H17NOS. The highest BCUT2D eigenvalue weighted by molar-refractivity contribution is 7.11. The van der Waals surface area contributed by atoms with E-state index in [0.717, 1.165) is 6.42 Å². The van der Waals surface area contributed by atoms with Crippen LogP contribution >= 0.6 is 11.3 Å². The normalized spacial score (nSPS) is 13.2. The number of rotatable bonds is 5. The molecule has 2 N–H and O–H groups in total. The molecule has 0 saturated heterocycles. The Balaban J connectivity index is 2.31. The Morgan fingerprint density at radius 1 is 1.54 bits per heavy atom. The fraction of sp³-hybridized carbons (Fsp3) is 0.600. The maximum Gasteiger partial charge on any atom is 0.0556 e. The Kier molecular flexibility index (Phi) is 4.42. The molecule has 0 aliphatic carbocycles. The van der Waals surface area contributed by atoms with Gasteiger partial charge in [-0.25, -0.2) is 0 Å². The molecule has 74 valence electrons. The van der Waals surface area contributed by atoms with E-state index in [9.17, 15) is 0 Å². The van der Waals surface area contributed by atoms with Crippen molar-refractivity contribution in [2.24, 2.45) is 0 Å². The first-order valence-corrected chi connectivity index (χ1v) is 5.43. The summed E-state index contributed by atoms with van der Waals surface area (Å²) in [6, 6.07) is 4.78. The molecule has 1 unspecified atom stereocenters. The summed E-state index contributed by atoms with van der Waals surface area (Å²) in [5.41, 5.74) is 0. The number of aryl methyl sites for hydroxylation is 1. The van der Waals surface area contributed by atoms with Gasteiger partial charge in [-0.15, -0.1) is 11.3 Å². The second-order valence-corrected chi connectivity index (χ2v) is 4.67. The summed E-state index contributed by atoms with van der Waals surface area (Å²) in [5.74, 6) is 0. The van der Waals surface area contributed by atoms with Crippen LogP contribution in [0.5, 0.6) is 0 Å². The van der Waals surface area contributed by atoms with Crippen molar-refractivity contribution in [2.75, 3.05) is 13.2 Å². The minimum absolute atomic E-state index is 0.216. The van der Waals surface area contributed by atoms with Crippen molar-refractivity contribution in [3.63, 3.8) is 0 Å². The van der Waals surface area contributed by atoms with E-state index in [-0.39, 0.29) is 6.61 Å². The molecule has 0 aliphatic heterocycles. The van der Waals surface area contributed by atoms with E-state index in [1.54, 1.807) is 0 Å². The van der Waals surface area contributed by atoms with Crippen LogP contribution in [0.4, 0.5) is 0 Å². The van der Waals surface area contributed by atoms with Gasteiger partial charge >= 0.3 is 0 Å². The van der Waals surface area contributed by atoms with Crippen LogP contribution in [-0.4, -0.2) is 24.3 Å². The summed E-state index contributed by atoms with van der Waals surface area (Å²) in [7, 11) is 0. The fourth-order valence-electron chi connectivity index (χ4n) is 1.28. The summed E-state index contributed by atoms with van der Waals surface area (Å²) in [5, 5.41) is 11.9. The lowest BCUT2D eigenvalue weighted by molar-refractivity contribution is 0.285. The molecule has 1 heterocycles. The van der Waals surface area contributed by atoms with Crippen LogP contribution in [-0.2, 0) is 6.42 Å². The summed E-state index contributed by atoms with van der Waals surface area (Å²) in [4.78, 5) is 2.78. The zero-order valence-electron chi connectivity index (χ0n) is 8.21. The predicted molar refractivity (Wildman–Crippen MR) is 57.3 cm³/mol. The molecule has 0 saturated carbocycles. The monoisotopic (exact) mass is 199 g/mol. The van der Waals surface area contributed by atoms with Crippen molar-refractivity contribution in [1.29, 1.82) is 0 Å². The highest BCUT2D eigenvalue weighted by Crippen LogP contribution is 2.16. The van der Waals surface area contributed by atoms with Gasteiger partial charge in [0.25, 0.3) is 0 Å². The second-order valence-electron chi connectivity index (χ2n) is 3.30. The fourth-order valence-corrected chi connectivity index (χ4v) is 2.30. The smallest absolute Gasteiger partial charge is 0.0556 e. The number of aliphatic hydroxyl groups excluding tert-OH is 1. The molecule has 13 heavy (non-hydrogen) atoms. The zero-order valence-corrected chi connectivity index (χ0v) is 9.03. The van der Waals surface area contributed by atoms with Crippen LogP contribution < -0.4 is 5.32 Å². The van der Waals surface area contributed by atoms with Crippen molar-refractivity contribution < 1.29 is 5.11 Å². The van der Waals surface area contributed by atoms with Gasteiger partial charge in [-0.3, -0.25) is 0 Å². The molecule has 0 radical (unpaired) electrons. The Bertz CT molecular complexity index is 247. The van der Waals surface area contributed by atoms with Gasteiger partial charge in [0.05, 0.1) is 6.61 Å². The number of nitrogens with one attached hydrogen (secondary N) is 1. The molecule has 1 aromatic heterocycles. The van der Waals surface area contributed by atoms with E-state index in [1.807, 2.05) is 11.3 Å². The standard InChI is InChI=1S/C10H17NOS/c1-8(11-5-6-12)7-10-4-3-9(2)13-10/h3-4,8,11-12H,5-7H2,1-2H3. The summed E-state index contributed by atoms with van der Waals surface area (Å²) in [6.45, 7) is 5.17. The molecule has 0 aliphatic rings. The molecular weight excluding hydrogens is 182 g/mol. The highest BCUT2D eigenvalue weighted by Gasteiger charge is 2.03. The first-order valence-electron chi connectivity index (χ1n) is 4.62. The topological polar surface area (TPSA) is 32.3 Å². The minimum Gasteiger partial charge on any atom is -0.395 e. The van der Waals surface area contributed by atoms with E-state index in [0.29, 0.717) is 12.6 Å². The largest absolute Gasteiger partial charge is 0.395 e. The van der Waals surface area contributed by atoms with Crippen molar-refractivity contribution in [3.05, 3.63) is 21.9 Å². The zero-order chi connectivity index (χ0) is 9.68. The maximum absolute atomic E-state index is 8.63. The first kappa shape index (κ1) is 10.7. The molecule has 1 aromatic rings. The van der Waals surface area contributed by atoms with Crippen molar-refractivity contribution in [2.45, 2.75) is 26.3 Å². The molecule has 3 heteroatoms. The third kappa shape index (κ3) is 3.89. The molecule has 0 fully saturated rings. The van der Waals surface area contributed by atoms with Crippen molar-refractivity contribution in [3.8, 4) is 0 Å². The van der Waals surface area contributed by atoms with Crippen molar-refractivity contribution in [1.82, 2.24) is 5.32 Å². The Hall–Kier alpha value is -0.380. The predicted octanol–water partition coefficient (Wildman–Crippen LogP) is 1.57. The van der Waals surface area contributed by atoms with Gasteiger partial charge in [-0.05, 0) is 32.4 Å². The lowest BCUT2D eigenvalue weighted by atomic mass is 10.2. The van der Waals surface area contributed by atoms with E-state index < -0.39 is 0 Å². The number of thiophene rings is 1. The number of hydrogen-bond acceptors (Lipinski definition) is 3. The number of aliphatic hydroxyl groups is 1. The Morgan fingerprint density at radius 2 is 2.31 bits per heavy atom. The van der Waals surface area contributed by atoms with Gasteiger partial charge < -0.3 is 10.4 Å². The van der Waals surface area contributed by atoms with Gasteiger partial charge in [0.2, 0.25) is 0 Å². The van der Waals surface area contributed by atoms with Crippen molar-refractivity contribution >= 4 is 11.3 Å². The van der Waals surface area contributed by atoms with Gasteiger partial charge in [0.1, 0.15) is 0 Å². The van der Waals surface area contributed by atoms with E-state index in [4.69, 9.17) is 5.11 Å². The Morgan fingerprint density at radius 3 is 2.85 bits per heavy atom. The van der Waals surface area contributed by atoms with Gasteiger partial charge in [-0.1, -0.05) is 0 Å². The van der Waals surface area contributed by atoms with Crippen LogP contribution in [0, 0.1) is 6.92 Å². The van der Waals surface area contributed by atoms with Crippen LogP contribution in [0.2, 0.25) is 0 Å². The number of hydrogen-bond donors (Lipinski definition) is 2. The summed E-state index contributed by atoms with van der Waals surface area (Å²) in [6.07, 6.45) is 1.05. The van der Waals surface area contributed by atoms with Crippen LogP contribution in [0.25, 0.3) is 0 Å². The minimum atomic E-state index is 0.216. The van der Waals surface area contributed by atoms with Crippen LogP contribution in [0.3, 0.4) is 0 Å². The molecule has 2 nitrogen and oxygen atoms in total. The van der Waals surface area contributed by atoms with Crippen LogP contribution in [0.15, 0.2) is 12.1 Å². The third-order valence-corrected chi connectivity index (χ3v) is 2.93. The molecule has 1 atom stereocenters. The molecule has 0 spiro atoms. The lowest BCUT2D eigenvalue weighted by Crippen LogP contribution is -2.30. The molecule has 0 aromatic carbocycles. The summed E-state index contributed by atoms with van der Waals surface area (Å²) < 4.78 is 0. The van der Waals surface area contributed by atoms with E-state index in [2.05, 4.69) is 31.3 Å². The summed E-state index contributed by atoms with van der Waals surface area (Å²) >= 11 is 1.85. The van der Waals surface area contributed by atoms with E-state index in [1.165, 1.54) is 9.75 Å². The maximum atomic E-state index is 8.63. The highest BCUT2D eigenvalue weighted by atomic mass is 32.1. The molecule has 0 amide bonds. The van der Waals surface area contributed by atoms with E-state index >= 15 is 0 Å². The average molecular weight is 199 g/mol. The SMILES string of the molecule is Cc1ccc(CC(C)NCCO)s1. The third-order valence-electron chi connectivity index (χ3n) is 1.91. The first-order chi connectivity index (χ1) is 6.22. The Labute approximate surface area is 83.6 Å². The van der Waals surface area contributed by atoms with Gasteiger partial charge in [0.15, 0.2) is 0 Å². The van der Waals surface area contributed by atoms with Crippen LogP contribution in [0.1, 0.15) is 16.7 Å². The quantitative estimate of drug-likeness (QED) is 0.754. The molecule has 1 rings (SSSR count). The molecule has 0 bridgehead atoms. The van der Waals surface area contributed by atoms with Gasteiger partial charge in [0, 0.05) is 22.3 Å².